The molecule has 4 nitrogen and oxygen atoms in total. The van der Waals surface area contributed by atoms with E-state index in [9.17, 15) is 0 Å². The van der Waals surface area contributed by atoms with Gasteiger partial charge in [0, 0.05) is 12.5 Å². The van der Waals surface area contributed by atoms with Gasteiger partial charge in [-0.15, -0.1) is 0 Å². The number of hydrogen-bond donors (Lipinski definition) is 1. The molecule has 1 aromatic carbocycles. The van der Waals surface area contributed by atoms with Crippen LogP contribution >= 0.6 is 12.2 Å². The van der Waals surface area contributed by atoms with Crippen molar-refractivity contribution in [1.29, 1.82) is 0 Å². The molecule has 2 heterocycles. The van der Waals surface area contributed by atoms with Crippen molar-refractivity contribution in [2.24, 2.45) is 0 Å². The quantitative estimate of drug-likeness (QED) is 0.748. The number of para-hydroxylation sites is 1. The van der Waals surface area contributed by atoms with Gasteiger partial charge in [0.2, 0.25) is 0 Å². The third-order valence-electron chi connectivity index (χ3n) is 3.52. The highest BCUT2D eigenvalue weighted by molar-refractivity contribution is 7.71. The maximum atomic E-state index is 5.50. The number of imidazole rings is 1. The first-order valence-electron chi connectivity index (χ1n) is 6.52. The van der Waals surface area contributed by atoms with E-state index in [0.717, 1.165) is 21.9 Å². The van der Waals surface area contributed by atoms with Crippen LogP contribution < -0.4 is 0 Å². The monoisotopic (exact) mass is 287 g/mol. The summed E-state index contributed by atoms with van der Waals surface area (Å²) < 4.78 is 8.17. The number of rotatable bonds is 3. The molecule has 0 atom stereocenters. The minimum absolute atomic E-state index is 0.228. The zero-order valence-electron chi connectivity index (χ0n) is 11.8. The number of aromatic amines is 1. The Balaban J connectivity index is 2.45. The fourth-order valence-corrected chi connectivity index (χ4v) is 3.18. The average molecular weight is 287 g/mol. The van der Waals surface area contributed by atoms with Crippen LogP contribution in [0.3, 0.4) is 0 Å². The molecular formula is C15H17N3OS. The van der Waals surface area contributed by atoms with Gasteiger partial charge in [-0.3, -0.25) is 4.98 Å². The summed E-state index contributed by atoms with van der Waals surface area (Å²) in [4.78, 5) is 7.71. The molecule has 5 heteroatoms. The second kappa shape index (κ2) is 4.68. The summed E-state index contributed by atoms with van der Waals surface area (Å²) in [7, 11) is 1.71. The number of benzene rings is 1. The highest BCUT2D eigenvalue weighted by Gasteiger charge is 2.24. The summed E-state index contributed by atoms with van der Waals surface area (Å²) in [5.41, 5.74) is 2.78. The van der Waals surface area contributed by atoms with Gasteiger partial charge >= 0.3 is 0 Å². The molecule has 0 radical (unpaired) electrons. The van der Waals surface area contributed by atoms with Crippen molar-refractivity contribution in [1.82, 2.24) is 14.5 Å². The molecule has 2 aromatic heterocycles. The zero-order valence-corrected chi connectivity index (χ0v) is 12.6. The highest BCUT2D eigenvalue weighted by atomic mass is 32.1. The molecule has 0 fully saturated rings. The second-order valence-electron chi connectivity index (χ2n) is 5.55. The zero-order chi connectivity index (χ0) is 14.3. The first kappa shape index (κ1) is 13.3. The standard InChI is InChI=1S/C15H17N3OS/c1-15(2,9-19-3)18-13-10-6-4-5-7-11(10)16-8-12(13)17-14(18)20/h4-8H,9H2,1-3H3,(H,17,20). The van der Waals surface area contributed by atoms with Crippen LogP contribution in [0.5, 0.6) is 0 Å². The maximum absolute atomic E-state index is 5.50. The van der Waals surface area contributed by atoms with E-state index < -0.39 is 0 Å². The van der Waals surface area contributed by atoms with Crippen molar-refractivity contribution >= 4 is 34.2 Å². The van der Waals surface area contributed by atoms with Crippen molar-refractivity contribution in [2.75, 3.05) is 13.7 Å². The number of methoxy groups -OCH3 is 1. The van der Waals surface area contributed by atoms with Gasteiger partial charge in [-0.25, -0.2) is 0 Å². The van der Waals surface area contributed by atoms with E-state index in [1.807, 2.05) is 24.4 Å². The molecule has 1 N–H and O–H groups in total. The SMILES string of the molecule is COCC(C)(C)n1c(=S)[nH]c2cnc3ccccc3c21. The van der Waals surface area contributed by atoms with Crippen molar-refractivity contribution in [3.63, 3.8) is 0 Å². The molecule has 0 bridgehead atoms. The Morgan fingerprint density at radius 2 is 2.10 bits per heavy atom. The van der Waals surface area contributed by atoms with Crippen LogP contribution in [-0.2, 0) is 10.3 Å². The Bertz CT molecular complexity index is 832. The van der Waals surface area contributed by atoms with Gasteiger partial charge < -0.3 is 14.3 Å². The van der Waals surface area contributed by atoms with Gasteiger partial charge in [0.1, 0.15) is 0 Å². The van der Waals surface area contributed by atoms with Gasteiger partial charge in [-0.1, -0.05) is 18.2 Å². The van der Waals surface area contributed by atoms with Gasteiger partial charge in [0.05, 0.1) is 34.9 Å². The van der Waals surface area contributed by atoms with Gasteiger partial charge in [-0.05, 0) is 32.1 Å². The molecule has 3 aromatic rings. The number of pyridine rings is 1. The molecule has 20 heavy (non-hydrogen) atoms. The first-order valence-corrected chi connectivity index (χ1v) is 6.93. The van der Waals surface area contributed by atoms with Crippen LogP contribution in [0, 0.1) is 4.77 Å². The fourth-order valence-electron chi connectivity index (χ4n) is 2.73. The number of aromatic nitrogens is 3. The van der Waals surface area contributed by atoms with Crippen LogP contribution in [0.25, 0.3) is 21.9 Å². The second-order valence-corrected chi connectivity index (χ2v) is 5.94. The molecule has 0 aliphatic rings. The van der Waals surface area contributed by atoms with E-state index in [0.29, 0.717) is 11.4 Å². The molecular weight excluding hydrogens is 270 g/mol. The molecule has 0 unspecified atom stereocenters. The van der Waals surface area contributed by atoms with Gasteiger partial charge in [-0.2, -0.15) is 0 Å². The predicted octanol–water partition coefficient (Wildman–Crippen LogP) is 3.63. The first-order chi connectivity index (χ1) is 9.54. The number of ether oxygens (including phenoxy) is 1. The molecule has 0 saturated heterocycles. The van der Waals surface area contributed by atoms with E-state index in [4.69, 9.17) is 17.0 Å². The third-order valence-corrected chi connectivity index (χ3v) is 3.80. The Kier molecular flexibility index (Phi) is 3.11. The summed E-state index contributed by atoms with van der Waals surface area (Å²) in [5.74, 6) is 0. The normalized spacial score (nSPS) is 12.3. The Labute approximate surface area is 122 Å². The van der Waals surface area contributed by atoms with Gasteiger partial charge in [0.25, 0.3) is 0 Å². The predicted molar refractivity (Wildman–Crippen MR) is 83.6 cm³/mol. The van der Waals surface area contributed by atoms with E-state index in [2.05, 4.69) is 34.4 Å². The summed E-state index contributed by atoms with van der Waals surface area (Å²) in [6.07, 6.45) is 1.84. The summed E-state index contributed by atoms with van der Waals surface area (Å²) in [6.45, 7) is 4.83. The molecule has 0 saturated carbocycles. The molecule has 0 amide bonds. The van der Waals surface area contributed by atoms with E-state index in [-0.39, 0.29) is 5.54 Å². The Morgan fingerprint density at radius 1 is 1.35 bits per heavy atom. The topological polar surface area (TPSA) is 42.8 Å². The van der Waals surface area contributed by atoms with Crippen LogP contribution in [-0.4, -0.2) is 28.3 Å². The summed E-state index contributed by atoms with van der Waals surface area (Å²) >= 11 is 5.50. The number of fused-ring (bicyclic) bond motifs is 3. The van der Waals surface area contributed by atoms with Gasteiger partial charge in [0.15, 0.2) is 4.77 Å². The van der Waals surface area contributed by atoms with E-state index >= 15 is 0 Å². The van der Waals surface area contributed by atoms with Crippen molar-refractivity contribution < 1.29 is 4.74 Å². The van der Waals surface area contributed by atoms with Crippen LogP contribution in [0.2, 0.25) is 0 Å². The maximum Gasteiger partial charge on any atom is 0.178 e. The van der Waals surface area contributed by atoms with E-state index in [1.165, 1.54) is 0 Å². The summed E-state index contributed by atoms with van der Waals surface area (Å²) in [6, 6.07) is 8.10. The lowest BCUT2D eigenvalue weighted by Crippen LogP contribution is -2.31. The average Bonchev–Trinajstić information content (AvgIpc) is 2.76. The molecule has 0 aliphatic carbocycles. The summed E-state index contributed by atoms with van der Waals surface area (Å²) in [5, 5.41) is 1.10. The van der Waals surface area contributed by atoms with Crippen LogP contribution in [0.4, 0.5) is 0 Å². The van der Waals surface area contributed by atoms with E-state index in [1.54, 1.807) is 7.11 Å². The molecule has 0 aliphatic heterocycles. The number of hydrogen-bond acceptors (Lipinski definition) is 3. The lowest BCUT2D eigenvalue weighted by atomic mass is 10.1. The van der Waals surface area contributed by atoms with Crippen LogP contribution in [0.1, 0.15) is 13.8 Å². The fraction of sp³-hybridized carbons (Fsp3) is 0.333. The highest BCUT2D eigenvalue weighted by Crippen LogP contribution is 2.28. The third kappa shape index (κ3) is 1.94. The smallest absolute Gasteiger partial charge is 0.178 e. The Hall–Kier alpha value is -1.72. The van der Waals surface area contributed by atoms with Crippen molar-refractivity contribution in [3.05, 3.63) is 35.2 Å². The molecule has 104 valence electrons. The number of nitrogens with one attached hydrogen (secondary N) is 1. The largest absolute Gasteiger partial charge is 0.382 e. The molecule has 3 rings (SSSR count). The lowest BCUT2D eigenvalue weighted by molar-refractivity contribution is 0.111. The lowest BCUT2D eigenvalue weighted by Gasteiger charge is -2.26. The number of nitrogens with zero attached hydrogens (tertiary/aromatic N) is 2. The minimum atomic E-state index is -0.228. The molecule has 0 spiro atoms. The van der Waals surface area contributed by atoms with Crippen molar-refractivity contribution in [2.45, 2.75) is 19.4 Å². The van der Waals surface area contributed by atoms with Crippen molar-refractivity contribution in [3.8, 4) is 0 Å². The van der Waals surface area contributed by atoms with Crippen LogP contribution in [0.15, 0.2) is 30.5 Å². The number of H-pyrrole nitrogens is 1. The minimum Gasteiger partial charge on any atom is -0.382 e. The Morgan fingerprint density at radius 3 is 2.85 bits per heavy atom.